The van der Waals surface area contributed by atoms with E-state index < -0.39 is 8.53 Å². The summed E-state index contributed by atoms with van der Waals surface area (Å²) in [6.45, 7) is 0. The maximum Gasteiger partial charge on any atom is 0.195 e. The summed E-state index contributed by atoms with van der Waals surface area (Å²) in [5.74, 6) is 0. The summed E-state index contributed by atoms with van der Waals surface area (Å²) in [4.78, 5) is 5.07. The van der Waals surface area contributed by atoms with Gasteiger partial charge in [-0.1, -0.05) is 95.6 Å². The van der Waals surface area contributed by atoms with Crippen molar-refractivity contribution in [3.05, 3.63) is 83.9 Å². The van der Waals surface area contributed by atoms with Crippen LogP contribution in [0.25, 0.3) is 0 Å². The third-order valence-electron chi connectivity index (χ3n) is 4.81. The van der Waals surface area contributed by atoms with Gasteiger partial charge < -0.3 is 9.47 Å². The Hall–Kier alpha value is -1.02. The quantitative estimate of drug-likeness (QED) is 0.430. The van der Waals surface area contributed by atoms with Gasteiger partial charge in [0, 0.05) is 44.9 Å². The Morgan fingerprint density at radius 2 is 0.786 bits per heavy atom. The van der Waals surface area contributed by atoms with E-state index in [1.54, 1.807) is 61.3 Å². The first-order chi connectivity index (χ1) is 13.7. The Morgan fingerprint density at radius 1 is 0.500 bits per heavy atom. The number of methoxy groups -OCH3 is 2. The zero-order valence-corrected chi connectivity index (χ0v) is 18.6. The highest BCUT2D eigenvalue weighted by Crippen LogP contribution is 2.63. The molecule has 3 aromatic rings. The van der Waals surface area contributed by atoms with Crippen LogP contribution in [0.1, 0.15) is 11.1 Å². The van der Waals surface area contributed by atoms with Crippen LogP contribution in [0.2, 0.25) is 0 Å². The van der Waals surface area contributed by atoms with Gasteiger partial charge in [-0.2, -0.15) is 0 Å². The number of benzene rings is 3. The first-order valence-corrected chi connectivity index (χ1v) is 12.1. The normalized spacial score (nSPS) is 18.6. The Morgan fingerprint density at radius 3 is 1.04 bits per heavy atom. The molecule has 0 spiro atoms. The van der Waals surface area contributed by atoms with E-state index in [9.17, 15) is 0 Å². The van der Waals surface area contributed by atoms with E-state index in [4.69, 9.17) is 9.47 Å². The van der Waals surface area contributed by atoms with Crippen molar-refractivity contribution < 1.29 is 9.47 Å². The van der Waals surface area contributed by atoms with Gasteiger partial charge in [-0.3, -0.25) is 0 Å². The van der Waals surface area contributed by atoms with E-state index in [-0.39, 0.29) is 0 Å². The van der Waals surface area contributed by atoms with Gasteiger partial charge in [0.2, 0.25) is 0 Å². The maximum atomic E-state index is 6.02. The van der Waals surface area contributed by atoms with Gasteiger partial charge in [0.15, 0.2) is 8.53 Å². The molecule has 2 aliphatic heterocycles. The molecule has 0 unspecified atom stereocenters. The predicted molar refractivity (Wildman–Crippen MR) is 120 cm³/mol. The summed E-state index contributed by atoms with van der Waals surface area (Å²) < 4.78 is 11.2. The SMILES string of the molecule is COC1(c2ccc(C3(OC)Sc4ccccc4S3)cc2)Sc2ccccc2S1. The molecule has 5 rings (SSSR count). The molecule has 3 aromatic carbocycles. The van der Waals surface area contributed by atoms with Crippen molar-refractivity contribution in [2.24, 2.45) is 0 Å². The number of rotatable bonds is 4. The van der Waals surface area contributed by atoms with E-state index in [0.29, 0.717) is 0 Å². The van der Waals surface area contributed by atoms with Gasteiger partial charge in [-0.25, -0.2) is 0 Å². The number of thioether (sulfide) groups is 4. The number of hydrogen-bond acceptors (Lipinski definition) is 6. The molecular weight excluding hydrogens is 425 g/mol. The Bertz CT molecular complexity index is 887. The van der Waals surface area contributed by atoms with E-state index in [0.717, 1.165) is 11.1 Å². The molecule has 6 heteroatoms. The lowest BCUT2D eigenvalue weighted by Crippen LogP contribution is -2.19. The van der Waals surface area contributed by atoms with E-state index in [1.165, 1.54) is 19.6 Å². The molecule has 142 valence electrons. The van der Waals surface area contributed by atoms with E-state index >= 15 is 0 Å². The van der Waals surface area contributed by atoms with Crippen LogP contribution in [-0.4, -0.2) is 14.2 Å². The molecule has 0 bridgehead atoms. The van der Waals surface area contributed by atoms with Crippen molar-refractivity contribution in [3.63, 3.8) is 0 Å². The molecule has 0 atom stereocenters. The summed E-state index contributed by atoms with van der Waals surface area (Å²) in [6.07, 6.45) is 0. The second-order valence-electron chi connectivity index (χ2n) is 6.40. The zero-order chi connectivity index (χ0) is 19.2. The van der Waals surface area contributed by atoms with Gasteiger partial charge in [-0.05, 0) is 24.3 Å². The van der Waals surface area contributed by atoms with Gasteiger partial charge in [0.05, 0.1) is 0 Å². The summed E-state index contributed by atoms with van der Waals surface area (Å²) >= 11 is 7.07. The molecular formula is C22H18O2S4. The fourth-order valence-corrected chi connectivity index (χ4v) is 9.05. The standard InChI is InChI=1S/C22H18O2S4/c1-23-21(25-17-7-3-4-8-18(17)26-21)15-11-13-16(14-12-15)22(24-2)27-19-9-5-6-10-20(19)28-22/h3-14H,1-2H3. The third kappa shape index (κ3) is 3.02. The van der Waals surface area contributed by atoms with E-state index in [2.05, 4.69) is 72.8 Å². The predicted octanol–water partition coefficient (Wildman–Crippen LogP) is 7.00. The first-order valence-electron chi connectivity index (χ1n) is 8.83. The maximum absolute atomic E-state index is 6.02. The lowest BCUT2D eigenvalue weighted by atomic mass is 10.1. The second-order valence-corrected chi connectivity index (χ2v) is 11.8. The lowest BCUT2D eigenvalue weighted by molar-refractivity contribution is 0.145. The molecule has 0 aliphatic carbocycles. The highest BCUT2D eigenvalue weighted by molar-refractivity contribution is 8.20. The second kappa shape index (κ2) is 7.35. The molecule has 0 aromatic heterocycles. The van der Waals surface area contributed by atoms with Gasteiger partial charge >= 0.3 is 0 Å². The Labute approximate surface area is 182 Å². The molecule has 0 saturated heterocycles. The van der Waals surface area contributed by atoms with Crippen LogP contribution < -0.4 is 0 Å². The molecule has 28 heavy (non-hydrogen) atoms. The Kier molecular flexibility index (Phi) is 4.98. The average Bonchev–Trinajstić information content (AvgIpc) is 3.33. The highest BCUT2D eigenvalue weighted by Gasteiger charge is 2.44. The monoisotopic (exact) mass is 442 g/mol. The van der Waals surface area contributed by atoms with Crippen molar-refractivity contribution >= 4 is 47.0 Å². The third-order valence-corrected chi connectivity index (χ3v) is 11.1. The lowest BCUT2D eigenvalue weighted by Gasteiger charge is -2.29. The highest BCUT2D eigenvalue weighted by atomic mass is 32.2. The summed E-state index contributed by atoms with van der Waals surface area (Å²) in [7, 11) is 3.57. The van der Waals surface area contributed by atoms with E-state index in [1.807, 2.05) is 0 Å². The van der Waals surface area contributed by atoms with Crippen LogP contribution in [-0.2, 0) is 18.0 Å². The molecule has 2 nitrogen and oxygen atoms in total. The van der Waals surface area contributed by atoms with Crippen LogP contribution in [0, 0.1) is 0 Å². The fourth-order valence-electron chi connectivity index (χ4n) is 3.37. The summed E-state index contributed by atoms with van der Waals surface area (Å²) in [6, 6.07) is 25.7. The minimum Gasteiger partial charge on any atom is -0.353 e. The van der Waals surface area contributed by atoms with Crippen molar-refractivity contribution in [3.8, 4) is 0 Å². The van der Waals surface area contributed by atoms with Gasteiger partial charge in [0.1, 0.15) is 0 Å². The molecule has 2 aliphatic rings. The molecule has 0 fully saturated rings. The van der Waals surface area contributed by atoms with Crippen LogP contribution in [0.3, 0.4) is 0 Å². The van der Waals surface area contributed by atoms with Crippen molar-refractivity contribution in [2.75, 3.05) is 14.2 Å². The van der Waals surface area contributed by atoms with Crippen molar-refractivity contribution in [1.29, 1.82) is 0 Å². The number of ether oxygens (including phenoxy) is 2. The summed E-state index contributed by atoms with van der Waals surface area (Å²) in [5, 5.41) is 0. The molecule has 2 heterocycles. The molecule has 0 amide bonds. The largest absolute Gasteiger partial charge is 0.353 e. The molecule has 0 saturated carbocycles. The molecule has 0 N–H and O–H groups in total. The number of hydrogen-bond donors (Lipinski definition) is 0. The zero-order valence-electron chi connectivity index (χ0n) is 15.4. The fraction of sp³-hybridized carbons (Fsp3) is 0.182. The average molecular weight is 443 g/mol. The smallest absolute Gasteiger partial charge is 0.195 e. The van der Waals surface area contributed by atoms with Crippen molar-refractivity contribution in [1.82, 2.24) is 0 Å². The summed E-state index contributed by atoms with van der Waals surface area (Å²) in [5.41, 5.74) is 2.31. The van der Waals surface area contributed by atoms with Crippen LogP contribution in [0.5, 0.6) is 0 Å². The van der Waals surface area contributed by atoms with Crippen molar-refractivity contribution in [2.45, 2.75) is 28.1 Å². The first kappa shape index (κ1) is 19.0. The van der Waals surface area contributed by atoms with Gasteiger partial charge in [-0.15, -0.1) is 0 Å². The molecule has 0 radical (unpaired) electrons. The van der Waals surface area contributed by atoms with Crippen LogP contribution in [0.15, 0.2) is 92.4 Å². The minimum atomic E-state index is -0.443. The minimum absolute atomic E-state index is 0.443. The van der Waals surface area contributed by atoms with Crippen LogP contribution in [0.4, 0.5) is 0 Å². The topological polar surface area (TPSA) is 18.5 Å². The van der Waals surface area contributed by atoms with Gasteiger partial charge in [0.25, 0.3) is 0 Å². The van der Waals surface area contributed by atoms with Crippen LogP contribution >= 0.6 is 47.0 Å². The Balaban J connectivity index is 1.46. The number of fused-ring (bicyclic) bond motifs is 2.